The second-order valence-corrected chi connectivity index (χ2v) is 8.62. The number of hydroxylamine groups is 2. The molecule has 3 rings (SSSR count). The Morgan fingerprint density at radius 2 is 1.23 bits per heavy atom. The molecule has 0 aromatic rings. The third-order valence-corrected chi connectivity index (χ3v) is 6.86. The molecule has 0 bridgehead atoms. The fourth-order valence-electron chi connectivity index (χ4n) is 5.28. The number of piperidine rings is 1. The van der Waals surface area contributed by atoms with E-state index in [-0.39, 0.29) is 23.3 Å². The van der Waals surface area contributed by atoms with Gasteiger partial charge in [0.25, 0.3) is 0 Å². The van der Waals surface area contributed by atoms with Crippen molar-refractivity contribution in [1.29, 1.82) is 0 Å². The van der Waals surface area contributed by atoms with Crippen molar-refractivity contribution in [3.8, 4) is 0 Å². The fraction of sp³-hybridized carbons (Fsp3) is 1.00. The van der Waals surface area contributed by atoms with E-state index in [2.05, 4.69) is 13.8 Å². The second kappa shape index (κ2) is 6.04. The van der Waals surface area contributed by atoms with E-state index < -0.39 is 0 Å². The summed E-state index contributed by atoms with van der Waals surface area (Å²) in [6, 6.07) is 0. The van der Waals surface area contributed by atoms with E-state index in [4.69, 9.17) is 0 Å². The van der Waals surface area contributed by atoms with Crippen LogP contribution in [0.3, 0.4) is 0 Å². The van der Waals surface area contributed by atoms with E-state index >= 15 is 0 Å². The summed E-state index contributed by atoms with van der Waals surface area (Å²) in [6.45, 7) is 4.56. The van der Waals surface area contributed by atoms with Gasteiger partial charge < -0.3 is 10.2 Å². The van der Waals surface area contributed by atoms with Gasteiger partial charge in [-0.05, 0) is 76.0 Å². The molecule has 0 unspecified atom stereocenters. The number of hydrogen-bond donors (Lipinski definition) is 2. The Labute approximate surface area is 134 Å². The van der Waals surface area contributed by atoms with Crippen LogP contribution in [-0.2, 0) is 5.21 Å². The minimum Gasteiger partial charge on any atom is -0.393 e. The maximum absolute atomic E-state index is 13.4. The number of hydrogen-bond acceptors (Lipinski definition) is 3. The third-order valence-electron chi connectivity index (χ3n) is 6.86. The van der Waals surface area contributed by atoms with Crippen LogP contribution in [0.25, 0.3) is 0 Å². The van der Waals surface area contributed by atoms with Crippen molar-refractivity contribution >= 4 is 0 Å². The highest BCUT2D eigenvalue weighted by atomic mass is 16.5. The maximum Gasteiger partial charge on any atom is 0.0541 e. The highest BCUT2D eigenvalue weighted by Gasteiger charge is 2.56. The lowest BCUT2D eigenvalue weighted by molar-refractivity contribution is -0.329. The average Bonchev–Trinajstić information content (AvgIpc) is 2.50. The maximum atomic E-state index is 13.4. The zero-order valence-electron chi connectivity index (χ0n) is 14.1. The molecular formula is C18H32NO3. The largest absolute Gasteiger partial charge is 0.393 e. The predicted octanol–water partition coefficient (Wildman–Crippen LogP) is 3.05. The topological polar surface area (TPSA) is 63.6 Å². The van der Waals surface area contributed by atoms with Gasteiger partial charge in [0, 0.05) is 0 Å². The average molecular weight is 310 g/mol. The van der Waals surface area contributed by atoms with Crippen molar-refractivity contribution in [2.24, 2.45) is 11.8 Å². The standard InChI is InChI=1S/C18H32NO3/c1-13(2)14-11-17(7-3-15(20)4-8-17)19(22)18(12-14)9-5-16(21)6-10-18/h13-16,20-21H,3-12H2,1-2H3. The van der Waals surface area contributed by atoms with Gasteiger partial charge in [-0.15, -0.1) is 10.3 Å². The Morgan fingerprint density at radius 3 is 1.55 bits per heavy atom. The normalized spacial score (nSPS) is 47.5. The number of aliphatic hydroxyl groups is 2. The molecule has 3 aliphatic rings. The van der Waals surface area contributed by atoms with Crippen molar-refractivity contribution in [1.82, 2.24) is 5.06 Å². The summed E-state index contributed by atoms with van der Waals surface area (Å²) < 4.78 is 0. The molecule has 2 aliphatic carbocycles. The Hall–Kier alpha value is -0.160. The summed E-state index contributed by atoms with van der Waals surface area (Å²) in [4.78, 5) is 0. The first-order valence-electron chi connectivity index (χ1n) is 9.21. The van der Waals surface area contributed by atoms with Crippen LogP contribution in [0.4, 0.5) is 0 Å². The van der Waals surface area contributed by atoms with E-state index in [1.165, 1.54) is 5.06 Å². The van der Waals surface area contributed by atoms with Crippen LogP contribution in [0.15, 0.2) is 0 Å². The van der Waals surface area contributed by atoms with Gasteiger partial charge in [0.15, 0.2) is 0 Å². The van der Waals surface area contributed by atoms with Crippen LogP contribution in [0.5, 0.6) is 0 Å². The quantitative estimate of drug-likeness (QED) is 0.782. The van der Waals surface area contributed by atoms with Crippen LogP contribution >= 0.6 is 0 Å². The molecular weight excluding hydrogens is 278 g/mol. The van der Waals surface area contributed by atoms with Gasteiger partial charge in [-0.1, -0.05) is 13.8 Å². The van der Waals surface area contributed by atoms with Gasteiger partial charge in [0.2, 0.25) is 0 Å². The molecule has 4 heteroatoms. The van der Waals surface area contributed by atoms with Gasteiger partial charge >= 0.3 is 0 Å². The lowest BCUT2D eigenvalue weighted by Crippen LogP contribution is -2.66. The molecule has 3 fully saturated rings. The number of rotatable bonds is 1. The fourth-order valence-corrected chi connectivity index (χ4v) is 5.28. The Balaban J connectivity index is 1.87. The smallest absolute Gasteiger partial charge is 0.0541 e. The summed E-state index contributed by atoms with van der Waals surface area (Å²) in [5.74, 6) is 1.19. The van der Waals surface area contributed by atoms with Crippen LogP contribution in [0.2, 0.25) is 0 Å². The van der Waals surface area contributed by atoms with Gasteiger partial charge in [0.05, 0.1) is 23.3 Å². The van der Waals surface area contributed by atoms with E-state index in [1.54, 1.807) is 0 Å². The van der Waals surface area contributed by atoms with Crippen LogP contribution in [-0.4, -0.2) is 38.6 Å². The lowest BCUT2D eigenvalue weighted by Gasteiger charge is -2.59. The molecule has 2 N–H and O–H groups in total. The molecule has 0 aromatic carbocycles. The monoisotopic (exact) mass is 310 g/mol. The van der Waals surface area contributed by atoms with Crippen LogP contribution in [0, 0.1) is 11.8 Å². The van der Waals surface area contributed by atoms with Crippen molar-refractivity contribution in [2.75, 3.05) is 0 Å². The van der Waals surface area contributed by atoms with E-state index in [1.807, 2.05) is 0 Å². The van der Waals surface area contributed by atoms with E-state index in [9.17, 15) is 15.4 Å². The summed E-state index contributed by atoms with van der Waals surface area (Å²) in [6.07, 6.45) is 7.96. The van der Waals surface area contributed by atoms with E-state index in [0.29, 0.717) is 11.8 Å². The molecule has 2 spiro atoms. The summed E-state index contributed by atoms with van der Waals surface area (Å²) >= 11 is 0. The van der Waals surface area contributed by atoms with Gasteiger partial charge in [-0.2, -0.15) is 0 Å². The third kappa shape index (κ3) is 2.83. The molecule has 1 radical (unpaired) electrons. The highest BCUT2D eigenvalue weighted by molar-refractivity contribution is 5.07. The minimum absolute atomic E-state index is 0.220. The van der Waals surface area contributed by atoms with Crippen molar-refractivity contribution < 1.29 is 15.4 Å². The summed E-state index contributed by atoms with van der Waals surface area (Å²) in [5.41, 5.74) is -0.510. The van der Waals surface area contributed by atoms with Gasteiger partial charge in [0.1, 0.15) is 0 Å². The molecule has 1 saturated heterocycles. The molecule has 0 atom stereocenters. The first-order chi connectivity index (χ1) is 10.4. The Bertz CT molecular complexity index is 350. The van der Waals surface area contributed by atoms with Crippen molar-refractivity contribution in [3.63, 3.8) is 0 Å². The van der Waals surface area contributed by atoms with E-state index in [0.717, 1.165) is 64.2 Å². The first-order valence-corrected chi connectivity index (χ1v) is 9.21. The zero-order chi connectivity index (χ0) is 16.0. The summed E-state index contributed by atoms with van der Waals surface area (Å²) in [5, 5.41) is 34.6. The molecule has 4 nitrogen and oxygen atoms in total. The molecule has 127 valence electrons. The number of aliphatic hydroxyl groups excluding tert-OH is 2. The van der Waals surface area contributed by atoms with Crippen molar-refractivity contribution in [3.05, 3.63) is 0 Å². The molecule has 22 heavy (non-hydrogen) atoms. The van der Waals surface area contributed by atoms with Crippen LogP contribution in [0.1, 0.15) is 78.1 Å². The first kappa shape index (κ1) is 16.7. The molecule has 1 heterocycles. The van der Waals surface area contributed by atoms with Crippen molar-refractivity contribution in [2.45, 2.75) is 101 Å². The molecule has 0 aromatic heterocycles. The van der Waals surface area contributed by atoms with Gasteiger partial charge in [-0.25, -0.2) is 0 Å². The zero-order valence-corrected chi connectivity index (χ0v) is 14.1. The van der Waals surface area contributed by atoms with Crippen LogP contribution < -0.4 is 0 Å². The Kier molecular flexibility index (Phi) is 4.59. The number of nitrogens with zero attached hydrogens (tertiary/aromatic N) is 1. The predicted molar refractivity (Wildman–Crippen MR) is 84.5 cm³/mol. The van der Waals surface area contributed by atoms with Gasteiger partial charge in [-0.3, -0.25) is 0 Å². The highest BCUT2D eigenvalue weighted by Crippen LogP contribution is 2.53. The lowest BCUT2D eigenvalue weighted by atomic mass is 9.61. The molecule has 1 aliphatic heterocycles. The summed E-state index contributed by atoms with van der Waals surface area (Å²) in [7, 11) is 0. The molecule has 0 amide bonds. The SMILES string of the molecule is CC(C)C1CC2(CCC(O)CC2)N([O])C2(CCC(O)CC2)C1. The minimum atomic E-state index is -0.255. The second-order valence-electron chi connectivity index (χ2n) is 8.62. The Morgan fingerprint density at radius 1 is 0.864 bits per heavy atom. The molecule has 2 saturated carbocycles.